The van der Waals surface area contributed by atoms with Gasteiger partial charge in [0.15, 0.2) is 6.10 Å². The van der Waals surface area contributed by atoms with Crippen molar-refractivity contribution >= 4 is 23.4 Å². The number of amides is 2. The number of ether oxygens (including phenoxy) is 1. The molecule has 0 radical (unpaired) electrons. The van der Waals surface area contributed by atoms with Crippen LogP contribution in [-0.4, -0.2) is 78.4 Å². The summed E-state index contributed by atoms with van der Waals surface area (Å²) in [6.45, 7) is 6.62. The minimum atomic E-state index is -0.590. The fourth-order valence-corrected chi connectivity index (χ4v) is 3.60. The van der Waals surface area contributed by atoms with Crippen LogP contribution in [0.2, 0.25) is 5.02 Å². The van der Waals surface area contributed by atoms with Crippen molar-refractivity contribution < 1.29 is 14.3 Å². The molecule has 26 heavy (non-hydrogen) atoms. The summed E-state index contributed by atoms with van der Waals surface area (Å²) in [6, 6.07) is 7.15. The average Bonchev–Trinajstić information content (AvgIpc) is 3.18. The van der Waals surface area contributed by atoms with Crippen molar-refractivity contribution in [2.45, 2.75) is 25.9 Å². The van der Waals surface area contributed by atoms with Gasteiger partial charge in [0.2, 0.25) is 5.91 Å². The largest absolute Gasteiger partial charge is 0.479 e. The molecule has 2 aliphatic heterocycles. The van der Waals surface area contributed by atoms with E-state index in [1.165, 1.54) is 0 Å². The Balaban J connectivity index is 1.45. The van der Waals surface area contributed by atoms with Gasteiger partial charge in [-0.15, -0.1) is 0 Å². The highest BCUT2D eigenvalue weighted by Gasteiger charge is 2.28. The van der Waals surface area contributed by atoms with Crippen LogP contribution in [0.5, 0.6) is 5.75 Å². The van der Waals surface area contributed by atoms with Crippen LogP contribution in [-0.2, 0) is 9.59 Å². The number of hydrogen-bond donors (Lipinski definition) is 0. The minimum absolute atomic E-state index is 0.0459. The molecule has 1 atom stereocenters. The third-order valence-electron chi connectivity index (χ3n) is 4.99. The Morgan fingerprint density at radius 2 is 1.69 bits per heavy atom. The number of rotatable bonds is 5. The van der Waals surface area contributed by atoms with Gasteiger partial charge in [-0.25, -0.2) is 0 Å². The van der Waals surface area contributed by atoms with Crippen LogP contribution in [0.1, 0.15) is 19.8 Å². The normalized spacial score (nSPS) is 19.5. The molecule has 0 saturated carbocycles. The number of likely N-dealkylation sites (tertiary alicyclic amines) is 1. The van der Waals surface area contributed by atoms with Gasteiger partial charge in [0.25, 0.3) is 5.91 Å². The van der Waals surface area contributed by atoms with Crippen LogP contribution >= 0.6 is 11.6 Å². The molecule has 1 aromatic carbocycles. The van der Waals surface area contributed by atoms with E-state index in [4.69, 9.17) is 16.3 Å². The smallest absolute Gasteiger partial charge is 0.263 e. The molecular weight excluding hydrogens is 354 g/mol. The molecule has 2 heterocycles. The number of hydrogen-bond acceptors (Lipinski definition) is 4. The molecule has 2 amide bonds. The van der Waals surface area contributed by atoms with Gasteiger partial charge in [0.1, 0.15) is 5.75 Å². The Morgan fingerprint density at radius 1 is 1.04 bits per heavy atom. The highest BCUT2D eigenvalue weighted by Crippen LogP contribution is 2.24. The second kappa shape index (κ2) is 8.73. The lowest BCUT2D eigenvalue weighted by molar-refractivity contribution is -0.140. The summed E-state index contributed by atoms with van der Waals surface area (Å²) >= 11 is 6.09. The molecule has 7 heteroatoms. The van der Waals surface area contributed by atoms with E-state index in [9.17, 15) is 9.59 Å². The average molecular weight is 380 g/mol. The molecule has 0 aromatic heterocycles. The van der Waals surface area contributed by atoms with Gasteiger partial charge >= 0.3 is 0 Å². The zero-order valence-corrected chi connectivity index (χ0v) is 16.0. The zero-order chi connectivity index (χ0) is 18.5. The molecule has 0 bridgehead atoms. The summed E-state index contributed by atoms with van der Waals surface area (Å²) in [5, 5.41) is 0.498. The first-order valence-electron chi connectivity index (χ1n) is 9.24. The first kappa shape index (κ1) is 19.0. The first-order chi connectivity index (χ1) is 12.5. The maximum absolute atomic E-state index is 12.6. The van der Waals surface area contributed by atoms with Gasteiger partial charge in [-0.05, 0) is 31.9 Å². The van der Waals surface area contributed by atoms with E-state index in [0.29, 0.717) is 43.5 Å². The molecule has 3 rings (SSSR count). The molecule has 6 nitrogen and oxygen atoms in total. The molecule has 0 N–H and O–H groups in total. The van der Waals surface area contributed by atoms with Crippen molar-refractivity contribution in [3.63, 3.8) is 0 Å². The van der Waals surface area contributed by atoms with Crippen LogP contribution < -0.4 is 4.74 Å². The summed E-state index contributed by atoms with van der Waals surface area (Å²) in [7, 11) is 0. The Morgan fingerprint density at radius 3 is 2.35 bits per heavy atom. The van der Waals surface area contributed by atoms with Crippen LogP contribution in [0, 0.1) is 0 Å². The number of para-hydroxylation sites is 1. The third-order valence-corrected chi connectivity index (χ3v) is 5.30. The Labute approximate surface area is 159 Å². The van der Waals surface area contributed by atoms with Crippen molar-refractivity contribution in [3.05, 3.63) is 29.3 Å². The van der Waals surface area contributed by atoms with Crippen LogP contribution in [0.3, 0.4) is 0 Å². The monoisotopic (exact) mass is 379 g/mol. The topological polar surface area (TPSA) is 53.1 Å². The molecule has 0 aliphatic carbocycles. The van der Waals surface area contributed by atoms with Crippen LogP contribution in [0.15, 0.2) is 24.3 Å². The molecular formula is C19H26ClN3O3. The summed E-state index contributed by atoms with van der Waals surface area (Å²) < 4.78 is 5.72. The Hall–Kier alpha value is -1.79. The lowest BCUT2D eigenvalue weighted by Crippen LogP contribution is -2.53. The molecule has 0 spiro atoms. The van der Waals surface area contributed by atoms with Crippen molar-refractivity contribution in [2.24, 2.45) is 0 Å². The molecule has 2 aliphatic rings. The van der Waals surface area contributed by atoms with E-state index in [1.807, 2.05) is 17.0 Å². The summed E-state index contributed by atoms with van der Waals surface area (Å²) in [6.07, 6.45) is 1.63. The van der Waals surface area contributed by atoms with Gasteiger partial charge < -0.3 is 14.5 Å². The highest BCUT2D eigenvalue weighted by molar-refractivity contribution is 6.32. The second-order valence-electron chi connectivity index (χ2n) is 6.88. The van der Waals surface area contributed by atoms with E-state index in [-0.39, 0.29) is 11.8 Å². The molecule has 2 fully saturated rings. The Bertz CT molecular complexity index is 641. The summed E-state index contributed by atoms with van der Waals surface area (Å²) in [5.74, 6) is 0.679. The van der Waals surface area contributed by atoms with Crippen LogP contribution in [0.25, 0.3) is 0 Å². The van der Waals surface area contributed by atoms with Crippen molar-refractivity contribution in [1.82, 2.24) is 14.7 Å². The molecule has 1 unspecified atom stereocenters. The minimum Gasteiger partial charge on any atom is -0.479 e. The number of carbonyl (C=O) groups is 2. The summed E-state index contributed by atoms with van der Waals surface area (Å²) in [5.41, 5.74) is 0. The van der Waals surface area contributed by atoms with Gasteiger partial charge in [-0.3, -0.25) is 14.5 Å². The van der Waals surface area contributed by atoms with E-state index >= 15 is 0 Å². The van der Waals surface area contributed by atoms with E-state index < -0.39 is 6.10 Å². The van der Waals surface area contributed by atoms with E-state index in [0.717, 1.165) is 25.9 Å². The molecule has 2 saturated heterocycles. The first-order valence-corrected chi connectivity index (χ1v) is 9.62. The van der Waals surface area contributed by atoms with Crippen molar-refractivity contribution in [2.75, 3.05) is 45.8 Å². The third kappa shape index (κ3) is 4.68. The van der Waals surface area contributed by atoms with Gasteiger partial charge in [0.05, 0.1) is 11.6 Å². The SMILES string of the molecule is CC(Oc1ccccc1Cl)C(=O)N1CCN(CC(=O)N2CCCC2)CC1. The predicted octanol–water partition coefficient (Wildman–Crippen LogP) is 1.87. The predicted molar refractivity (Wildman–Crippen MR) is 100 cm³/mol. The fraction of sp³-hybridized carbons (Fsp3) is 0.579. The van der Waals surface area contributed by atoms with Crippen molar-refractivity contribution in [3.8, 4) is 5.75 Å². The highest BCUT2D eigenvalue weighted by atomic mass is 35.5. The lowest BCUT2D eigenvalue weighted by atomic mass is 10.2. The zero-order valence-electron chi connectivity index (χ0n) is 15.2. The standard InChI is InChI=1S/C19H26ClN3O3/c1-15(26-17-7-3-2-6-16(17)20)19(25)23-12-10-21(11-13-23)14-18(24)22-8-4-5-9-22/h2-3,6-7,15H,4-5,8-14H2,1H3. The van der Waals surface area contributed by atoms with Crippen molar-refractivity contribution in [1.29, 1.82) is 0 Å². The van der Waals surface area contributed by atoms with E-state index in [2.05, 4.69) is 4.90 Å². The number of piperazine rings is 1. The molecule has 1 aromatic rings. The van der Waals surface area contributed by atoms with Crippen LogP contribution in [0.4, 0.5) is 0 Å². The number of nitrogens with zero attached hydrogens (tertiary/aromatic N) is 3. The van der Waals surface area contributed by atoms with E-state index in [1.54, 1.807) is 24.0 Å². The molecule has 142 valence electrons. The quantitative estimate of drug-likeness (QED) is 0.783. The van der Waals surface area contributed by atoms with Gasteiger partial charge in [-0.1, -0.05) is 23.7 Å². The number of benzene rings is 1. The fourth-order valence-electron chi connectivity index (χ4n) is 3.42. The number of carbonyl (C=O) groups excluding carboxylic acids is 2. The Kier molecular flexibility index (Phi) is 6.38. The maximum atomic E-state index is 12.6. The second-order valence-corrected chi connectivity index (χ2v) is 7.29. The van der Waals surface area contributed by atoms with Gasteiger partial charge in [-0.2, -0.15) is 0 Å². The lowest BCUT2D eigenvalue weighted by Gasteiger charge is -2.36. The number of halogens is 1. The maximum Gasteiger partial charge on any atom is 0.263 e. The van der Waals surface area contributed by atoms with Gasteiger partial charge in [0, 0.05) is 39.3 Å². The summed E-state index contributed by atoms with van der Waals surface area (Å²) in [4.78, 5) is 30.7.